The number of fused-ring (bicyclic) bond motifs is 4. The number of hydrogen-bond acceptors (Lipinski definition) is 5. The van der Waals surface area contributed by atoms with Gasteiger partial charge in [0.1, 0.15) is 5.75 Å². The smallest absolute Gasteiger partial charge is 0.326 e. The number of piperidine rings is 2. The highest BCUT2D eigenvalue weighted by atomic mass is 16.5. The van der Waals surface area contributed by atoms with E-state index in [1.54, 1.807) is 0 Å². The maximum atomic E-state index is 13.7. The van der Waals surface area contributed by atoms with Crippen molar-refractivity contribution in [2.75, 3.05) is 40.3 Å². The van der Waals surface area contributed by atoms with Crippen molar-refractivity contribution in [3.63, 3.8) is 0 Å². The lowest BCUT2D eigenvalue weighted by atomic mass is 9.65. The Labute approximate surface area is 208 Å². The summed E-state index contributed by atoms with van der Waals surface area (Å²) in [6, 6.07) is 6.26. The molecule has 4 bridgehead atoms. The van der Waals surface area contributed by atoms with E-state index < -0.39 is 0 Å². The molecule has 7 heteroatoms. The summed E-state index contributed by atoms with van der Waals surface area (Å²) >= 11 is 0. The van der Waals surface area contributed by atoms with Gasteiger partial charge in [0.05, 0.1) is 5.52 Å². The number of rotatable bonds is 7. The van der Waals surface area contributed by atoms with E-state index in [9.17, 15) is 9.59 Å². The molecule has 2 saturated heterocycles. The summed E-state index contributed by atoms with van der Waals surface area (Å²) < 4.78 is 7.62. The lowest BCUT2D eigenvalue weighted by Gasteiger charge is -2.53. The normalized spacial score (nSPS) is 27.1. The van der Waals surface area contributed by atoms with Gasteiger partial charge in [0, 0.05) is 55.6 Å². The summed E-state index contributed by atoms with van der Waals surface area (Å²) in [7, 11) is 4.03. The number of aromatic nitrogens is 1. The van der Waals surface area contributed by atoms with Gasteiger partial charge in [-0.1, -0.05) is 20.3 Å². The molecular weight excluding hydrogens is 440 g/mol. The van der Waals surface area contributed by atoms with Crippen LogP contribution in [-0.2, 0) is 11.2 Å². The first-order valence-electron chi connectivity index (χ1n) is 13.5. The van der Waals surface area contributed by atoms with Crippen LogP contribution >= 0.6 is 0 Å². The number of carbonyl (C=O) groups excluding carboxylic acids is 2. The Morgan fingerprint density at radius 3 is 2.77 bits per heavy atom. The Balaban J connectivity index is 1.60. The van der Waals surface area contributed by atoms with Gasteiger partial charge >= 0.3 is 12.0 Å². The topological polar surface area (TPSA) is 66.8 Å². The largest absolute Gasteiger partial charge is 0.427 e. The van der Waals surface area contributed by atoms with Gasteiger partial charge in [-0.2, -0.15) is 0 Å². The summed E-state index contributed by atoms with van der Waals surface area (Å²) in [5, 5.41) is 4.23. The minimum atomic E-state index is -0.205. The minimum Gasteiger partial charge on any atom is -0.427 e. The zero-order valence-corrected chi connectivity index (χ0v) is 21.7. The average molecular weight is 481 g/mol. The fourth-order valence-electron chi connectivity index (χ4n) is 6.96. The van der Waals surface area contributed by atoms with Crippen LogP contribution in [-0.4, -0.2) is 72.7 Å². The highest BCUT2D eigenvalue weighted by molar-refractivity contribution is 5.96. The first kappa shape index (κ1) is 24.3. The number of carbonyl (C=O) groups is 2. The van der Waals surface area contributed by atoms with Gasteiger partial charge in [0.15, 0.2) is 0 Å². The van der Waals surface area contributed by atoms with Crippen LogP contribution in [0.2, 0.25) is 0 Å². The van der Waals surface area contributed by atoms with Crippen LogP contribution in [0.1, 0.15) is 63.1 Å². The third-order valence-corrected chi connectivity index (χ3v) is 8.37. The summed E-state index contributed by atoms with van der Waals surface area (Å²) in [6.07, 6.45) is 5.76. The van der Waals surface area contributed by atoms with Gasteiger partial charge in [-0.05, 0) is 75.4 Å². The van der Waals surface area contributed by atoms with Crippen molar-refractivity contribution in [3.05, 3.63) is 29.5 Å². The second kappa shape index (κ2) is 9.94. The highest BCUT2D eigenvalue weighted by Crippen LogP contribution is 2.52. The quantitative estimate of drug-likeness (QED) is 0.475. The third kappa shape index (κ3) is 4.49. The van der Waals surface area contributed by atoms with Gasteiger partial charge in [0.25, 0.3) is 0 Å². The van der Waals surface area contributed by atoms with Gasteiger partial charge in [0.2, 0.25) is 0 Å². The lowest BCUT2D eigenvalue weighted by molar-refractivity contribution is -0.134. The van der Waals surface area contributed by atoms with Gasteiger partial charge in [-0.15, -0.1) is 0 Å². The van der Waals surface area contributed by atoms with Crippen LogP contribution in [0.4, 0.5) is 4.79 Å². The number of hydrogen-bond donors (Lipinski definition) is 1. The molecule has 1 aromatic heterocycles. The van der Waals surface area contributed by atoms with Crippen LogP contribution in [0.3, 0.4) is 0 Å². The number of nitrogens with zero attached hydrogens (tertiary/aromatic N) is 3. The predicted octanol–water partition coefficient (Wildman–Crippen LogP) is 4.23. The SMILES string of the molecule is CCCC(=O)Oc1ccc2c(c1)c1c(n2C(=O)NCCN(C)C)[C@@H]2C[C@@H]3C[C@H](CC)C2N(CC1)C3. The molecule has 1 aliphatic carbocycles. The fraction of sp³-hybridized carbons (Fsp3) is 0.643. The Hall–Kier alpha value is -2.38. The number of amides is 1. The predicted molar refractivity (Wildman–Crippen MR) is 138 cm³/mol. The summed E-state index contributed by atoms with van der Waals surface area (Å²) in [6.45, 7) is 7.92. The van der Waals surface area contributed by atoms with E-state index in [1.165, 1.54) is 30.6 Å². The molecule has 190 valence electrons. The summed E-state index contributed by atoms with van der Waals surface area (Å²) in [5.74, 6) is 2.12. The molecule has 7 nitrogen and oxygen atoms in total. The molecule has 35 heavy (non-hydrogen) atoms. The Bertz CT molecular complexity index is 1110. The van der Waals surface area contributed by atoms with E-state index in [4.69, 9.17) is 4.74 Å². The average Bonchev–Trinajstić information content (AvgIpc) is 3.10. The van der Waals surface area contributed by atoms with Crippen LogP contribution < -0.4 is 10.1 Å². The molecule has 5 atom stereocenters. The fourth-order valence-corrected chi connectivity index (χ4v) is 6.96. The van der Waals surface area contributed by atoms with E-state index in [1.807, 2.05) is 43.8 Å². The molecule has 3 fully saturated rings. The standard InChI is InChI=1S/C28H40N4O3/c1-5-7-25(33)35-20-8-9-24-22(16-20)21-10-12-31-17-18-14-19(6-2)26(31)23(15-18)27(21)32(24)28(34)29-11-13-30(3)4/h8-9,16,18-19,23,26H,5-7,10-15,17H2,1-4H3,(H,29,34)/t18-,19-,23+,26?/m0/s1. The molecule has 1 amide bonds. The maximum absolute atomic E-state index is 13.7. The van der Waals surface area contributed by atoms with Gasteiger partial charge in [-0.25, -0.2) is 4.79 Å². The molecule has 2 aromatic rings. The number of ether oxygens (including phenoxy) is 1. The van der Waals surface area contributed by atoms with Crippen molar-refractivity contribution >= 4 is 22.9 Å². The van der Waals surface area contributed by atoms with Crippen molar-refractivity contribution in [2.24, 2.45) is 11.8 Å². The van der Waals surface area contributed by atoms with Crippen molar-refractivity contribution in [3.8, 4) is 5.75 Å². The van der Waals surface area contributed by atoms with Crippen LogP contribution in [0.15, 0.2) is 18.2 Å². The Morgan fingerprint density at radius 1 is 1.20 bits per heavy atom. The highest BCUT2D eigenvalue weighted by Gasteiger charge is 2.49. The second-order valence-corrected chi connectivity index (χ2v) is 11.0. The lowest BCUT2D eigenvalue weighted by Crippen LogP contribution is -2.56. The number of benzene rings is 1. The molecule has 1 aromatic carbocycles. The van der Waals surface area contributed by atoms with Crippen LogP contribution in [0, 0.1) is 11.8 Å². The molecule has 4 aliphatic rings. The Morgan fingerprint density at radius 2 is 2.03 bits per heavy atom. The molecule has 1 N–H and O–H groups in total. The van der Waals surface area contributed by atoms with Gasteiger partial charge < -0.3 is 15.0 Å². The van der Waals surface area contributed by atoms with Crippen LogP contribution in [0.25, 0.3) is 10.9 Å². The van der Waals surface area contributed by atoms with E-state index in [-0.39, 0.29) is 12.0 Å². The van der Waals surface area contributed by atoms with Crippen molar-refractivity contribution < 1.29 is 14.3 Å². The molecule has 3 aliphatic heterocycles. The molecule has 0 radical (unpaired) electrons. The number of nitrogens with one attached hydrogen (secondary N) is 1. The van der Waals surface area contributed by atoms with Crippen LogP contribution in [0.5, 0.6) is 5.75 Å². The summed E-state index contributed by atoms with van der Waals surface area (Å²) in [4.78, 5) is 30.7. The maximum Gasteiger partial charge on any atom is 0.326 e. The molecule has 6 rings (SSSR count). The minimum absolute atomic E-state index is 0.0447. The van der Waals surface area contributed by atoms with Crippen molar-refractivity contribution in [1.29, 1.82) is 0 Å². The third-order valence-electron chi connectivity index (χ3n) is 8.37. The molecule has 0 spiro atoms. The molecule has 1 saturated carbocycles. The van der Waals surface area contributed by atoms with Crippen molar-refractivity contribution in [1.82, 2.24) is 19.7 Å². The first-order valence-corrected chi connectivity index (χ1v) is 13.5. The molecule has 4 heterocycles. The molecular formula is C28H40N4O3. The Kier molecular flexibility index (Phi) is 6.91. The summed E-state index contributed by atoms with van der Waals surface area (Å²) in [5.41, 5.74) is 3.40. The number of likely N-dealkylation sites (N-methyl/N-ethyl adjacent to an activating group) is 1. The monoisotopic (exact) mass is 480 g/mol. The van der Waals surface area contributed by atoms with E-state index in [2.05, 4.69) is 22.0 Å². The van der Waals surface area contributed by atoms with E-state index >= 15 is 0 Å². The zero-order chi connectivity index (χ0) is 24.7. The zero-order valence-electron chi connectivity index (χ0n) is 21.7. The second-order valence-electron chi connectivity index (χ2n) is 11.0. The number of esters is 1. The first-order chi connectivity index (χ1) is 16.9. The van der Waals surface area contributed by atoms with E-state index in [0.717, 1.165) is 43.3 Å². The van der Waals surface area contributed by atoms with Gasteiger partial charge in [-0.3, -0.25) is 14.3 Å². The van der Waals surface area contributed by atoms with E-state index in [0.29, 0.717) is 42.5 Å². The van der Waals surface area contributed by atoms with Crippen molar-refractivity contribution in [2.45, 2.75) is 64.3 Å². The molecule has 2 unspecified atom stereocenters.